The molecule has 1 N–H and O–H groups in total. The van der Waals surface area contributed by atoms with Gasteiger partial charge in [0.1, 0.15) is 5.75 Å². The number of ether oxygens (including phenoxy) is 1. The van der Waals surface area contributed by atoms with Crippen molar-refractivity contribution < 1.29 is 17.9 Å². The number of halogens is 1. The first-order chi connectivity index (χ1) is 15.8. The molecule has 0 saturated carbocycles. The van der Waals surface area contributed by atoms with Gasteiger partial charge in [-0.05, 0) is 60.5 Å². The Balaban J connectivity index is 1.78. The number of nitrogens with one attached hydrogen (secondary N) is 1. The molecule has 33 heavy (non-hydrogen) atoms. The number of hydrazone groups is 1. The number of methoxy groups -OCH3 is 1. The number of amides is 1. The summed E-state index contributed by atoms with van der Waals surface area (Å²) in [5.41, 5.74) is 4.65. The van der Waals surface area contributed by atoms with Gasteiger partial charge >= 0.3 is 0 Å². The number of hydrogen-bond acceptors (Lipinski definition) is 5. The molecular weight excluding hydrogens is 462 g/mol. The summed E-state index contributed by atoms with van der Waals surface area (Å²) in [6.07, 6.45) is 1.46. The summed E-state index contributed by atoms with van der Waals surface area (Å²) >= 11 is 6.24. The number of hydrogen-bond donors (Lipinski definition) is 1. The number of sulfonamides is 1. The minimum absolute atomic E-state index is 0.0640. The number of rotatable bonds is 9. The number of carbonyl (C=O) groups excluding carboxylic acids is 1. The fraction of sp³-hybridized carbons (Fsp3) is 0.167. The van der Waals surface area contributed by atoms with E-state index in [1.54, 1.807) is 67.8 Å². The maximum Gasteiger partial charge on any atom is 0.255 e. The molecule has 9 heteroatoms. The van der Waals surface area contributed by atoms with Gasteiger partial charge < -0.3 is 4.74 Å². The van der Waals surface area contributed by atoms with E-state index in [1.807, 2.05) is 6.92 Å². The number of carbonyl (C=O) groups is 1. The van der Waals surface area contributed by atoms with Crippen molar-refractivity contribution in [2.75, 3.05) is 13.7 Å². The van der Waals surface area contributed by atoms with Crippen LogP contribution in [0.15, 0.2) is 82.8 Å². The Kier molecular flexibility index (Phi) is 8.21. The third kappa shape index (κ3) is 6.64. The van der Waals surface area contributed by atoms with Crippen LogP contribution < -0.4 is 10.2 Å². The molecule has 3 rings (SSSR count). The lowest BCUT2D eigenvalue weighted by molar-refractivity contribution is -0.121. The zero-order valence-corrected chi connectivity index (χ0v) is 19.8. The van der Waals surface area contributed by atoms with Crippen molar-refractivity contribution in [2.24, 2.45) is 5.10 Å². The minimum atomic E-state index is -3.96. The molecule has 0 heterocycles. The second-order valence-electron chi connectivity index (χ2n) is 7.24. The second-order valence-corrected chi connectivity index (χ2v) is 9.59. The van der Waals surface area contributed by atoms with Crippen molar-refractivity contribution in [1.82, 2.24) is 9.73 Å². The van der Waals surface area contributed by atoms with E-state index in [2.05, 4.69) is 10.5 Å². The molecule has 0 aromatic heterocycles. The highest BCUT2D eigenvalue weighted by atomic mass is 35.5. The van der Waals surface area contributed by atoms with E-state index in [0.717, 1.165) is 15.4 Å². The van der Waals surface area contributed by atoms with Crippen molar-refractivity contribution in [3.05, 3.63) is 94.5 Å². The van der Waals surface area contributed by atoms with Crippen molar-refractivity contribution in [2.45, 2.75) is 18.4 Å². The fourth-order valence-electron chi connectivity index (χ4n) is 2.97. The van der Waals surface area contributed by atoms with E-state index in [9.17, 15) is 13.2 Å². The van der Waals surface area contributed by atoms with E-state index in [-0.39, 0.29) is 11.4 Å². The number of benzene rings is 3. The molecule has 0 aliphatic rings. The van der Waals surface area contributed by atoms with E-state index >= 15 is 0 Å². The van der Waals surface area contributed by atoms with Gasteiger partial charge in [-0.2, -0.15) is 9.41 Å². The molecule has 0 fully saturated rings. The molecule has 3 aromatic rings. The largest absolute Gasteiger partial charge is 0.497 e. The van der Waals surface area contributed by atoms with Gasteiger partial charge in [0.2, 0.25) is 10.0 Å². The third-order valence-corrected chi connectivity index (χ3v) is 6.98. The highest BCUT2D eigenvalue weighted by Crippen LogP contribution is 2.22. The lowest BCUT2D eigenvalue weighted by Gasteiger charge is -2.22. The summed E-state index contributed by atoms with van der Waals surface area (Å²) in [6.45, 7) is 1.37. The van der Waals surface area contributed by atoms with Gasteiger partial charge in [-0.3, -0.25) is 4.79 Å². The van der Waals surface area contributed by atoms with Crippen LogP contribution in [0.4, 0.5) is 0 Å². The highest BCUT2D eigenvalue weighted by molar-refractivity contribution is 7.89. The predicted octanol–water partition coefficient (Wildman–Crippen LogP) is 4.00. The summed E-state index contributed by atoms with van der Waals surface area (Å²) in [7, 11) is -2.39. The summed E-state index contributed by atoms with van der Waals surface area (Å²) in [6, 6.07) is 20.5. The van der Waals surface area contributed by atoms with Crippen LogP contribution in [0.1, 0.15) is 16.7 Å². The number of aryl methyl sites for hydroxylation is 1. The summed E-state index contributed by atoms with van der Waals surface area (Å²) < 4.78 is 32.8. The molecule has 0 saturated heterocycles. The van der Waals surface area contributed by atoms with Crippen LogP contribution >= 0.6 is 11.6 Å². The lowest BCUT2D eigenvalue weighted by Crippen LogP contribution is -2.39. The molecule has 0 aliphatic carbocycles. The Bertz CT molecular complexity index is 1230. The SMILES string of the molecule is COc1ccc(/C=N/NC(=O)CN(Cc2ccccc2Cl)S(=O)(=O)c2ccc(C)cc2)cc1. The lowest BCUT2D eigenvalue weighted by atomic mass is 10.2. The Labute approximate surface area is 198 Å². The Morgan fingerprint density at radius 1 is 1.06 bits per heavy atom. The van der Waals surface area contributed by atoms with Gasteiger partial charge in [0, 0.05) is 11.6 Å². The summed E-state index contributed by atoms with van der Waals surface area (Å²) in [5, 5.41) is 4.34. The zero-order chi connectivity index (χ0) is 23.8. The quantitative estimate of drug-likeness (QED) is 0.366. The summed E-state index contributed by atoms with van der Waals surface area (Å²) in [4.78, 5) is 12.7. The molecule has 0 bridgehead atoms. The minimum Gasteiger partial charge on any atom is -0.497 e. The predicted molar refractivity (Wildman–Crippen MR) is 129 cm³/mol. The van der Waals surface area contributed by atoms with Crippen LogP contribution in [-0.4, -0.2) is 38.5 Å². The van der Waals surface area contributed by atoms with E-state index in [0.29, 0.717) is 16.3 Å². The average molecular weight is 486 g/mol. The Hall–Kier alpha value is -3.20. The smallest absolute Gasteiger partial charge is 0.255 e. The topological polar surface area (TPSA) is 88.1 Å². The van der Waals surface area contributed by atoms with Gasteiger partial charge in [0.05, 0.1) is 24.8 Å². The molecular formula is C24H24ClN3O4S. The molecule has 7 nitrogen and oxygen atoms in total. The second kappa shape index (κ2) is 11.1. The molecule has 3 aromatic carbocycles. The molecule has 0 aliphatic heterocycles. The highest BCUT2D eigenvalue weighted by Gasteiger charge is 2.27. The maximum absolute atomic E-state index is 13.3. The first-order valence-corrected chi connectivity index (χ1v) is 11.9. The van der Waals surface area contributed by atoms with Gasteiger partial charge in [-0.25, -0.2) is 13.8 Å². The fourth-order valence-corrected chi connectivity index (χ4v) is 4.54. The van der Waals surface area contributed by atoms with Crippen LogP contribution in [0.2, 0.25) is 5.02 Å². The molecule has 0 unspecified atom stereocenters. The molecule has 0 radical (unpaired) electrons. The van der Waals surface area contributed by atoms with Crippen molar-refractivity contribution in [3.8, 4) is 5.75 Å². The Morgan fingerprint density at radius 2 is 1.73 bits per heavy atom. The van der Waals surface area contributed by atoms with Crippen LogP contribution in [0, 0.1) is 6.92 Å². The van der Waals surface area contributed by atoms with Crippen LogP contribution in [0.5, 0.6) is 5.75 Å². The first-order valence-electron chi connectivity index (χ1n) is 10.1. The normalized spacial score (nSPS) is 11.6. The van der Waals surface area contributed by atoms with Crippen molar-refractivity contribution in [1.29, 1.82) is 0 Å². The van der Waals surface area contributed by atoms with E-state index in [1.165, 1.54) is 18.3 Å². The van der Waals surface area contributed by atoms with Crippen molar-refractivity contribution in [3.63, 3.8) is 0 Å². The Morgan fingerprint density at radius 3 is 2.36 bits per heavy atom. The number of nitrogens with zero attached hydrogens (tertiary/aromatic N) is 2. The van der Waals surface area contributed by atoms with Crippen LogP contribution in [0.25, 0.3) is 0 Å². The third-order valence-electron chi connectivity index (χ3n) is 4.80. The van der Waals surface area contributed by atoms with Gasteiger partial charge in [0.15, 0.2) is 0 Å². The van der Waals surface area contributed by atoms with Gasteiger partial charge in [-0.1, -0.05) is 47.5 Å². The van der Waals surface area contributed by atoms with Gasteiger partial charge in [-0.15, -0.1) is 0 Å². The van der Waals surface area contributed by atoms with Crippen LogP contribution in [0.3, 0.4) is 0 Å². The zero-order valence-electron chi connectivity index (χ0n) is 18.2. The van der Waals surface area contributed by atoms with Crippen molar-refractivity contribution >= 4 is 33.7 Å². The molecule has 0 atom stereocenters. The molecule has 0 spiro atoms. The average Bonchev–Trinajstić information content (AvgIpc) is 2.80. The van der Waals surface area contributed by atoms with E-state index < -0.39 is 22.5 Å². The van der Waals surface area contributed by atoms with E-state index in [4.69, 9.17) is 16.3 Å². The summed E-state index contributed by atoms with van der Waals surface area (Å²) in [5.74, 6) is 0.121. The monoisotopic (exact) mass is 485 g/mol. The standard InChI is InChI=1S/C24H24ClN3O4S/c1-18-7-13-22(14-8-18)33(30,31)28(16-20-5-3-4-6-23(20)25)17-24(29)27-26-15-19-9-11-21(32-2)12-10-19/h3-15H,16-17H2,1-2H3,(H,27,29)/b26-15+. The first kappa shape index (κ1) is 24.4. The van der Waals surface area contributed by atoms with Crippen LogP contribution in [-0.2, 0) is 21.4 Å². The molecule has 172 valence electrons. The molecule has 1 amide bonds. The van der Waals surface area contributed by atoms with Gasteiger partial charge in [0.25, 0.3) is 5.91 Å². The maximum atomic E-state index is 13.3.